The van der Waals surface area contributed by atoms with Crippen LogP contribution in [-0.4, -0.2) is 37.4 Å². The number of carboxylic acids is 1. The molecule has 2 N–H and O–H groups in total. The van der Waals surface area contributed by atoms with Crippen LogP contribution in [0.2, 0.25) is 0 Å². The van der Waals surface area contributed by atoms with Gasteiger partial charge in [0.05, 0.1) is 6.20 Å². The number of aromatic carboxylic acids is 1. The smallest absolute Gasteiger partial charge is 0.358 e. The summed E-state index contributed by atoms with van der Waals surface area (Å²) in [6, 6.07) is 0. The number of hydrogen-bond acceptors (Lipinski definition) is 5. The van der Waals surface area contributed by atoms with Crippen molar-refractivity contribution < 1.29 is 9.90 Å². The predicted octanol–water partition coefficient (Wildman–Crippen LogP) is 1.76. The van der Waals surface area contributed by atoms with Crippen LogP contribution in [0, 0.1) is 0 Å². The van der Waals surface area contributed by atoms with Gasteiger partial charge in [-0.2, -0.15) is 5.10 Å². The Bertz CT molecular complexity index is 593. The molecule has 7 nitrogen and oxygen atoms in total. The highest BCUT2D eigenvalue weighted by molar-refractivity contribution is 5.93. The zero-order valence-corrected chi connectivity index (χ0v) is 11.1. The van der Waals surface area contributed by atoms with Crippen LogP contribution >= 0.6 is 0 Å². The molecule has 2 aromatic heterocycles. The second-order valence-electron chi connectivity index (χ2n) is 4.18. The maximum atomic E-state index is 11.2. The van der Waals surface area contributed by atoms with Crippen LogP contribution in [0.5, 0.6) is 0 Å². The van der Waals surface area contributed by atoms with Gasteiger partial charge in [-0.05, 0) is 13.3 Å². The van der Waals surface area contributed by atoms with Gasteiger partial charge in [0.1, 0.15) is 5.52 Å². The topological polar surface area (TPSA) is 92.9 Å². The number of hydrogen-bond donors (Lipinski definition) is 2. The Kier molecular flexibility index (Phi) is 3.94. The van der Waals surface area contributed by atoms with E-state index < -0.39 is 5.97 Å². The molecule has 19 heavy (non-hydrogen) atoms. The molecule has 0 amide bonds. The van der Waals surface area contributed by atoms with Crippen molar-refractivity contribution in [3.05, 3.63) is 11.9 Å². The summed E-state index contributed by atoms with van der Waals surface area (Å²) in [6.07, 6.45) is 3.51. The molecule has 0 aliphatic carbocycles. The molecule has 0 atom stereocenters. The Morgan fingerprint density at radius 2 is 2.21 bits per heavy atom. The highest BCUT2D eigenvalue weighted by Crippen LogP contribution is 2.17. The van der Waals surface area contributed by atoms with Gasteiger partial charge in [0.2, 0.25) is 0 Å². The lowest BCUT2D eigenvalue weighted by Crippen LogP contribution is -2.12. The zero-order valence-electron chi connectivity index (χ0n) is 11.1. The standard InChI is InChI=1S/C12H17N5O2/c1-3-5-6-13-10-9(12(18)19)15-8-7-14-17(4-2)11(8)16-10/h7H,3-6H2,1-2H3,(H,13,16)(H,18,19). The Morgan fingerprint density at radius 3 is 2.84 bits per heavy atom. The summed E-state index contributed by atoms with van der Waals surface area (Å²) in [5.74, 6) is -0.777. The number of carbonyl (C=O) groups is 1. The number of nitrogens with zero attached hydrogens (tertiary/aromatic N) is 4. The first-order valence-corrected chi connectivity index (χ1v) is 6.38. The van der Waals surface area contributed by atoms with Crippen molar-refractivity contribution in [3.8, 4) is 0 Å². The third-order valence-electron chi connectivity index (χ3n) is 2.79. The zero-order chi connectivity index (χ0) is 13.8. The first kappa shape index (κ1) is 13.3. The number of rotatable bonds is 6. The highest BCUT2D eigenvalue weighted by Gasteiger charge is 2.17. The summed E-state index contributed by atoms with van der Waals surface area (Å²) in [5, 5.41) is 16.3. The van der Waals surface area contributed by atoms with Crippen LogP contribution in [0.4, 0.5) is 5.82 Å². The van der Waals surface area contributed by atoms with E-state index in [1.165, 1.54) is 6.20 Å². The normalized spacial score (nSPS) is 10.8. The molecule has 0 bridgehead atoms. The average Bonchev–Trinajstić information content (AvgIpc) is 2.80. The maximum Gasteiger partial charge on any atom is 0.358 e. The SMILES string of the molecule is CCCCNc1nc2c(cnn2CC)nc1C(=O)O. The van der Waals surface area contributed by atoms with Crippen molar-refractivity contribution in [1.82, 2.24) is 19.7 Å². The largest absolute Gasteiger partial charge is 0.476 e. The quantitative estimate of drug-likeness (QED) is 0.771. The third-order valence-corrected chi connectivity index (χ3v) is 2.79. The van der Waals surface area contributed by atoms with Gasteiger partial charge in [0.25, 0.3) is 0 Å². The van der Waals surface area contributed by atoms with Gasteiger partial charge in [-0.1, -0.05) is 13.3 Å². The van der Waals surface area contributed by atoms with Crippen LogP contribution in [0.3, 0.4) is 0 Å². The fraction of sp³-hybridized carbons (Fsp3) is 0.500. The molecule has 7 heteroatoms. The lowest BCUT2D eigenvalue weighted by molar-refractivity contribution is 0.0691. The predicted molar refractivity (Wildman–Crippen MR) is 71.4 cm³/mol. The molecule has 0 radical (unpaired) electrons. The van der Waals surface area contributed by atoms with Gasteiger partial charge in [0, 0.05) is 13.1 Å². The van der Waals surface area contributed by atoms with Crippen molar-refractivity contribution in [3.63, 3.8) is 0 Å². The molecule has 2 heterocycles. The van der Waals surface area contributed by atoms with E-state index in [0.717, 1.165) is 12.8 Å². The van der Waals surface area contributed by atoms with Gasteiger partial charge in [0.15, 0.2) is 17.2 Å². The lowest BCUT2D eigenvalue weighted by atomic mass is 10.3. The minimum Gasteiger partial charge on any atom is -0.476 e. The molecule has 0 aliphatic rings. The van der Waals surface area contributed by atoms with Crippen LogP contribution in [-0.2, 0) is 6.54 Å². The fourth-order valence-electron chi connectivity index (χ4n) is 1.78. The fourth-order valence-corrected chi connectivity index (χ4v) is 1.78. The molecule has 2 aromatic rings. The molecule has 0 saturated carbocycles. The summed E-state index contributed by atoms with van der Waals surface area (Å²) in [7, 11) is 0. The van der Waals surface area contributed by atoms with E-state index in [0.29, 0.717) is 30.1 Å². The number of carboxylic acid groups (broad SMARTS) is 1. The number of aromatic nitrogens is 4. The number of aryl methyl sites for hydroxylation is 1. The van der Waals surface area contributed by atoms with Crippen LogP contribution in [0.15, 0.2) is 6.20 Å². The first-order chi connectivity index (χ1) is 9.17. The number of nitrogens with one attached hydrogen (secondary N) is 1. The molecule has 102 valence electrons. The molecule has 0 aliphatic heterocycles. The molecule has 2 rings (SSSR count). The van der Waals surface area contributed by atoms with E-state index in [1.807, 2.05) is 6.92 Å². The Balaban J connectivity index is 2.44. The molecule has 0 spiro atoms. The van der Waals surface area contributed by atoms with E-state index in [4.69, 9.17) is 0 Å². The van der Waals surface area contributed by atoms with E-state index in [-0.39, 0.29) is 5.69 Å². The van der Waals surface area contributed by atoms with Gasteiger partial charge in [-0.3, -0.25) is 0 Å². The van der Waals surface area contributed by atoms with Crippen molar-refractivity contribution in [1.29, 1.82) is 0 Å². The summed E-state index contributed by atoms with van der Waals surface area (Å²) >= 11 is 0. The maximum absolute atomic E-state index is 11.2. The van der Waals surface area contributed by atoms with Crippen molar-refractivity contribution in [2.45, 2.75) is 33.2 Å². The number of anilines is 1. The van der Waals surface area contributed by atoms with E-state index >= 15 is 0 Å². The van der Waals surface area contributed by atoms with Crippen molar-refractivity contribution in [2.24, 2.45) is 0 Å². The summed E-state index contributed by atoms with van der Waals surface area (Å²) in [5.41, 5.74) is 1.05. The summed E-state index contributed by atoms with van der Waals surface area (Å²) in [4.78, 5) is 19.7. The molecular weight excluding hydrogens is 246 g/mol. The molecule has 0 aromatic carbocycles. The number of unbranched alkanes of at least 4 members (excludes halogenated alkanes) is 1. The Morgan fingerprint density at radius 1 is 1.42 bits per heavy atom. The number of fused-ring (bicyclic) bond motifs is 1. The van der Waals surface area contributed by atoms with Crippen molar-refractivity contribution in [2.75, 3.05) is 11.9 Å². The third kappa shape index (κ3) is 2.64. The second kappa shape index (κ2) is 5.64. The first-order valence-electron chi connectivity index (χ1n) is 6.38. The second-order valence-corrected chi connectivity index (χ2v) is 4.18. The average molecular weight is 263 g/mol. The van der Waals surface area contributed by atoms with Crippen LogP contribution < -0.4 is 5.32 Å². The van der Waals surface area contributed by atoms with Gasteiger partial charge < -0.3 is 10.4 Å². The minimum atomic E-state index is -1.09. The Labute approximate surface area is 110 Å². The molecule has 0 fully saturated rings. The molecular formula is C12H17N5O2. The van der Waals surface area contributed by atoms with Crippen LogP contribution in [0.1, 0.15) is 37.2 Å². The van der Waals surface area contributed by atoms with Crippen LogP contribution in [0.25, 0.3) is 11.2 Å². The van der Waals surface area contributed by atoms with Gasteiger partial charge in [-0.15, -0.1) is 0 Å². The summed E-state index contributed by atoms with van der Waals surface area (Å²) in [6.45, 7) is 5.36. The molecule has 0 unspecified atom stereocenters. The highest BCUT2D eigenvalue weighted by atomic mass is 16.4. The molecule has 0 saturated heterocycles. The van der Waals surface area contributed by atoms with Gasteiger partial charge in [-0.25, -0.2) is 19.4 Å². The van der Waals surface area contributed by atoms with E-state index in [2.05, 4.69) is 27.3 Å². The van der Waals surface area contributed by atoms with E-state index in [9.17, 15) is 9.90 Å². The minimum absolute atomic E-state index is 0.0562. The summed E-state index contributed by atoms with van der Waals surface area (Å²) < 4.78 is 1.69. The van der Waals surface area contributed by atoms with E-state index in [1.54, 1.807) is 4.68 Å². The van der Waals surface area contributed by atoms with Gasteiger partial charge >= 0.3 is 5.97 Å². The monoisotopic (exact) mass is 263 g/mol. The van der Waals surface area contributed by atoms with Crippen molar-refractivity contribution >= 4 is 23.0 Å². The lowest BCUT2D eigenvalue weighted by Gasteiger charge is -2.08. The Hall–Kier alpha value is -2.18.